The highest BCUT2D eigenvalue weighted by Gasteiger charge is 2.30. The van der Waals surface area contributed by atoms with E-state index in [1.165, 1.54) is 36.0 Å². The average Bonchev–Trinajstić information content (AvgIpc) is 2.90. The molecule has 0 bridgehead atoms. The van der Waals surface area contributed by atoms with Crippen LogP contribution in [-0.2, 0) is 7.05 Å². The molecule has 0 radical (unpaired) electrons. The zero-order chi connectivity index (χ0) is 27.7. The first kappa shape index (κ1) is 26.4. The van der Waals surface area contributed by atoms with Gasteiger partial charge in [0.2, 0.25) is 29.0 Å². The van der Waals surface area contributed by atoms with Crippen LogP contribution in [0.3, 0.4) is 0 Å². The Hall–Kier alpha value is -4.68. The number of hydrogen-bond acceptors (Lipinski definition) is 3. The van der Waals surface area contributed by atoms with E-state index >= 15 is 0 Å². The van der Waals surface area contributed by atoms with Gasteiger partial charge in [-0.2, -0.15) is 17.7 Å². The van der Waals surface area contributed by atoms with Crippen LogP contribution in [0.15, 0.2) is 54.7 Å². The fourth-order valence-corrected chi connectivity index (χ4v) is 3.10. The third-order valence-electron chi connectivity index (χ3n) is 5.08. The predicted molar refractivity (Wildman–Crippen MR) is 115 cm³/mol. The van der Waals surface area contributed by atoms with E-state index in [2.05, 4.69) is 4.74 Å². The molecule has 1 amide bonds. The van der Waals surface area contributed by atoms with Gasteiger partial charge in [-0.25, -0.2) is 17.6 Å². The molecule has 5 nitrogen and oxygen atoms in total. The van der Waals surface area contributed by atoms with Crippen molar-refractivity contribution < 1.29 is 54.0 Å². The van der Waals surface area contributed by atoms with E-state index in [1.54, 1.807) is 5.32 Å². The molecule has 0 aliphatic rings. The number of nitrogens with one attached hydrogen (secondary N) is 1. The largest absolute Gasteiger partial charge is 0.457 e. The van der Waals surface area contributed by atoms with E-state index in [1.807, 2.05) is 0 Å². The Morgan fingerprint density at radius 1 is 0.684 bits per heavy atom. The summed E-state index contributed by atoms with van der Waals surface area (Å²) in [5, 5.41) is 1.66. The minimum absolute atomic E-state index is 0.133. The summed E-state index contributed by atoms with van der Waals surface area (Å²) in [5.74, 6) is -19.2. The third kappa shape index (κ3) is 5.08. The predicted octanol–water partition coefficient (Wildman–Crippen LogP) is 6.46. The van der Waals surface area contributed by atoms with Crippen LogP contribution in [0.25, 0.3) is 0 Å². The van der Waals surface area contributed by atoms with Crippen molar-refractivity contribution in [1.29, 1.82) is 0 Å². The van der Waals surface area contributed by atoms with Gasteiger partial charge in [0.15, 0.2) is 29.5 Å². The number of hydrogen-bond donors (Lipinski definition) is 1. The molecule has 1 aromatic heterocycles. The van der Waals surface area contributed by atoms with Crippen molar-refractivity contribution in [2.45, 2.75) is 0 Å². The smallest absolute Gasteiger partial charge is 0.363 e. The van der Waals surface area contributed by atoms with Crippen molar-refractivity contribution in [2.75, 3.05) is 5.32 Å². The Labute approximate surface area is 208 Å². The lowest BCUT2D eigenvalue weighted by Crippen LogP contribution is -2.31. The van der Waals surface area contributed by atoms with Crippen molar-refractivity contribution in [2.24, 2.45) is 7.05 Å². The van der Waals surface area contributed by atoms with Crippen molar-refractivity contribution in [3.8, 4) is 23.0 Å². The first-order chi connectivity index (χ1) is 18.0. The lowest BCUT2D eigenvalue weighted by atomic mass is 10.2. The molecular weight excluding hydrogens is 528 g/mol. The quantitative estimate of drug-likeness (QED) is 0.132. The van der Waals surface area contributed by atoms with Crippen LogP contribution in [0.1, 0.15) is 10.4 Å². The minimum Gasteiger partial charge on any atom is -0.457 e. The number of nitrogens with zero attached hydrogens (tertiary/aromatic N) is 1. The Kier molecular flexibility index (Phi) is 7.19. The number of rotatable bonds is 6. The molecule has 0 spiro atoms. The zero-order valence-corrected chi connectivity index (χ0v) is 18.9. The highest BCUT2D eigenvalue weighted by Crippen LogP contribution is 2.38. The monoisotopic (exact) mass is 541 g/mol. The van der Waals surface area contributed by atoms with E-state index in [0.717, 1.165) is 18.2 Å². The molecule has 0 unspecified atom stereocenters. The van der Waals surface area contributed by atoms with Crippen LogP contribution in [0.2, 0.25) is 0 Å². The molecule has 0 aliphatic heterocycles. The molecule has 4 aromatic rings. The van der Waals surface area contributed by atoms with Crippen LogP contribution in [-0.4, -0.2) is 5.91 Å². The molecule has 4 rings (SSSR count). The second-order valence-corrected chi connectivity index (χ2v) is 7.61. The molecule has 1 N–H and O–H groups in total. The van der Waals surface area contributed by atoms with Crippen LogP contribution < -0.4 is 19.4 Å². The summed E-state index contributed by atoms with van der Waals surface area (Å²) in [6, 6.07) is 8.06. The number of halogens is 8. The van der Waals surface area contributed by atoms with Gasteiger partial charge in [0.05, 0.1) is 6.07 Å². The number of anilines is 1. The van der Waals surface area contributed by atoms with Gasteiger partial charge in [0.1, 0.15) is 24.2 Å². The number of aromatic nitrogens is 1. The summed E-state index contributed by atoms with van der Waals surface area (Å²) >= 11 is 0. The van der Waals surface area contributed by atoms with Crippen LogP contribution in [0.5, 0.6) is 23.0 Å². The van der Waals surface area contributed by atoms with Crippen LogP contribution >= 0.6 is 0 Å². The average molecular weight is 541 g/mol. The second-order valence-electron chi connectivity index (χ2n) is 7.61. The molecule has 0 fully saturated rings. The molecule has 1 heterocycles. The van der Waals surface area contributed by atoms with E-state index < -0.39 is 69.8 Å². The van der Waals surface area contributed by atoms with Crippen molar-refractivity contribution in [3.05, 3.63) is 107 Å². The number of carbonyl (C=O) groups is 1. The highest BCUT2D eigenvalue weighted by molar-refractivity contribution is 6.04. The summed E-state index contributed by atoms with van der Waals surface area (Å²) in [6.07, 6.45) is 1.40. The standard InChI is InChI=1S/C25H12F8N2O3/c1-35-9-8-13(10-16(35)28)37-12-4-2-11(3-5-12)25(36)34-22-18(30)20(32)24(21(33)19(22)31)38-23-15(27)7-6-14(26)17(23)29/h2-10H,1H3/p+1. The molecule has 3 aromatic carbocycles. The van der Waals surface area contributed by atoms with Crippen LogP contribution in [0, 0.1) is 46.7 Å². The molecule has 38 heavy (non-hydrogen) atoms. The topological polar surface area (TPSA) is 51.4 Å². The molecular formula is C25H13F8N2O3+. The number of aryl methyl sites for hydroxylation is 1. The maximum Gasteiger partial charge on any atom is 0.363 e. The number of ether oxygens (including phenoxy) is 2. The summed E-state index contributed by atoms with van der Waals surface area (Å²) in [4.78, 5) is 12.4. The lowest BCUT2D eigenvalue weighted by Gasteiger charge is -2.14. The van der Waals surface area contributed by atoms with Crippen molar-refractivity contribution >= 4 is 11.6 Å². The lowest BCUT2D eigenvalue weighted by molar-refractivity contribution is -0.700. The third-order valence-corrected chi connectivity index (χ3v) is 5.08. The Bertz CT molecular complexity index is 1530. The van der Waals surface area contributed by atoms with Crippen LogP contribution in [0.4, 0.5) is 40.8 Å². The molecule has 196 valence electrons. The van der Waals surface area contributed by atoms with Gasteiger partial charge in [-0.1, -0.05) is 0 Å². The zero-order valence-electron chi connectivity index (χ0n) is 18.9. The highest BCUT2D eigenvalue weighted by atomic mass is 19.2. The van der Waals surface area contributed by atoms with Gasteiger partial charge in [0.25, 0.3) is 5.91 Å². The van der Waals surface area contributed by atoms with Gasteiger partial charge in [-0.15, -0.1) is 4.39 Å². The second kappa shape index (κ2) is 10.4. The number of carbonyl (C=O) groups excluding carboxylic acids is 1. The fraction of sp³-hybridized carbons (Fsp3) is 0.0400. The SMILES string of the molecule is C[n+]1ccc(Oc2ccc(C(=O)Nc3c(F)c(F)c(Oc4c(F)ccc(F)c4F)c(F)c3F)cc2)cc1F. The number of benzene rings is 3. The summed E-state index contributed by atoms with van der Waals surface area (Å²) in [7, 11) is 1.47. The summed E-state index contributed by atoms with van der Waals surface area (Å²) in [6.45, 7) is 0. The van der Waals surface area contributed by atoms with Gasteiger partial charge in [-0.05, 0) is 36.4 Å². The number of pyridine rings is 1. The van der Waals surface area contributed by atoms with Crippen molar-refractivity contribution in [1.82, 2.24) is 0 Å². The molecule has 0 atom stereocenters. The van der Waals surface area contributed by atoms with Gasteiger partial charge in [0, 0.05) is 11.6 Å². The maximum absolute atomic E-state index is 14.5. The molecule has 0 aliphatic carbocycles. The van der Waals surface area contributed by atoms with Gasteiger partial charge >= 0.3 is 5.95 Å². The maximum atomic E-state index is 14.5. The van der Waals surface area contributed by atoms with E-state index in [-0.39, 0.29) is 17.1 Å². The summed E-state index contributed by atoms with van der Waals surface area (Å²) < 4.78 is 123. The minimum atomic E-state index is -2.26. The Morgan fingerprint density at radius 3 is 1.89 bits per heavy atom. The Balaban J connectivity index is 1.56. The molecule has 13 heteroatoms. The fourth-order valence-electron chi connectivity index (χ4n) is 3.10. The van der Waals surface area contributed by atoms with Crippen molar-refractivity contribution in [3.63, 3.8) is 0 Å². The normalized spacial score (nSPS) is 10.9. The Morgan fingerprint density at radius 2 is 1.29 bits per heavy atom. The first-order valence-electron chi connectivity index (χ1n) is 10.4. The molecule has 0 saturated carbocycles. The first-order valence-corrected chi connectivity index (χ1v) is 10.4. The van der Waals surface area contributed by atoms with E-state index in [4.69, 9.17) is 4.74 Å². The van der Waals surface area contributed by atoms with Gasteiger partial charge < -0.3 is 14.8 Å². The summed E-state index contributed by atoms with van der Waals surface area (Å²) in [5.41, 5.74) is -1.79. The molecule has 0 saturated heterocycles. The van der Waals surface area contributed by atoms with Gasteiger partial charge in [-0.3, -0.25) is 4.79 Å². The number of amides is 1. The van der Waals surface area contributed by atoms with E-state index in [9.17, 15) is 39.9 Å². The van der Waals surface area contributed by atoms with E-state index in [0.29, 0.717) is 12.1 Å².